The molecule has 0 saturated carbocycles. The number of rotatable bonds is 5. The van der Waals surface area contributed by atoms with Crippen molar-refractivity contribution < 1.29 is 4.92 Å². The van der Waals surface area contributed by atoms with Crippen LogP contribution in [0, 0.1) is 17.0 Å². The van der Waals surface area contributed by atoms with Crippen LogP contribution in [0.2, 0.25) is 0 Å². The second-order valence-corrected chi connectivity index (χ2v) is 7.30. The summed E-state index contributed by atoms with van der Waals surface area (Å²) in [5.41, 5.74) is 3.59. The van der Waals surface area contributed by atoms with E-state index in [9.17, 15) is 14.9 Å². The molecular formula is C21H17N7O3. The zero-order valence-electron chi connectivity index (χ0n) is 16.5. The Bertz CT molecular complexity index is 1500. The van der Waals surface area contributed by atoms with Gasteiger partial charge in [-0.15, -0.1) is 5.10 Å². The third-order valence-electron chi connectivity index (χ3n) is 5.27. The van der Waals surface area contributed by atoms with Crippen LogP contribution in [0.3, 0.4) is 0 Å². The maximum Gasteiger partial charge on any atom is 0.288 e. The topological polar surface area (TPSA) is 125 Å². The molecule has 2 aromatic carbocycles. The molecule has 0 bridgehead atoms. The molecule has 31 heavy (non-hydrogen) atoms. The van der Waals surface area contributed by atoms with Crippen LogP contribution in [-0.4, -0.2) is 34.7 Å². The molecule has 5 aromatic rings. The van der Waals surface area contributed by atoms with Crippen molar-refractivity contribution in [3.05, 3.63) is 92.1 Å². The zero-order chi connectivity index (χ0) is 21.5. The van der Waals surface area contributed by atoms with Gasteiger partial charge in [-0.25, -0.2) is 9.78 Å². The first kappa shape index (κ1) is 18.7. The highest BCUT2D eigenvalue weighted by molar-refractivity contribution is 6.08. The predicted molar refractivity (Wildman–Crippen MR) is 114 cm³/mol. The van der Waals surface area contributed by atoms with Gasteiger partial charge in [0.05, 0.1) is 29.9 Å². The van der Waals surface area contributed by atoms with Crippen molar-refractivity contribution in [3.63, 3.8) is 0 Å². The van der Waals surface area contributed by atoms with Crippen LogP contribution >= 0.6 is 0 Å². The van der Waals surface area contributed by atoms with E-state index >= 15 is 0 Å². The number of aromatic amines is 1. The number of nitro groups is 1. The van der Waals surface area contributed by atoms with E-state index in [0.29, 0.717) is 24.3 Å². The standard InChI is InChI=1S/C21H17N7O3/c1-13-19-17-4-2-3-5-18(17)27(20(19)21(29)24-22-13)12-15-11-26(25-23-15)10-14-6-8-16(9-7-14)28(30)31/h2-9,11H,10,12H2,1H3,(H,24,29). The van der Waals surface area contributed by atoms with Crippen molar-refractivity contribution >= 4 is 27.5 Å². The van der Waals surface area contributed by atoms with Crippen LogP contribution in [-0.2, 0) is 13.1 Å². The molecule has 0 radical (unpaired) electrons. The smallest absolute Gasteiger partial charge is 0.288 e. The van der Waals surface area contributed by atoms with E-state index in [-0.39, 0.29) is 11.2 Å². The molecule has 0 aliphatic carbocycles. The average molecular weight is 415 g/mol. The van der Waals surface area contributed by atoms with Gasteiger partial charge in [0.1, 0.15) is 11.2 Å². The molecule has 3 aromatic heterocycles. The summed E-state index contributed by atoms with van der Waals surface area (Å²) < 4.78 is 3.60. The van der Waals surface area contributed by atoms with E-state index in [1.165, 1.54) is 12.1 Å². The van der Waals surface area contributed by atoms with Crippen LogP contribution in [0.1, 0.15) is 17.0 Å². The lowest BCUT2D eigenvalue weighted by atomic mass is 10.1. The Kier molecular flexibility index (Phi) is 4.32. The molecule has 10 heteroatoms. The molecule has 1 N–H and O–H groups in total. The van der Waals surface area contributed by atoms with E-state index in [4.69, 9.17) is 0 Å². The van der Waals surface area contributed by atoms with E-state index in [1.54, 1.807) is 16.8 Å². The van der Waals surface area contributed by atoms with Gasteiger partial charge in [-0.05, 0) is 18.6 Å². The number of hydrogen-bond donors (Lipinski definition) is 1. The van der Waals surface area contributed by atoms with Gasteiger partial charge in [-0.1, -0.05) is 35.5 Å². The summed E-state index contributed by atoms with van der Waals surface area (Å²) >= 11 is 0. The number of nitrogens with one attached hydrogen (secondary N) is 1. The van der Waals surface area contributed by atoms with Crippen LogP contribution in [0.15, 0.2) is 59.5 Å². The molecule has 0 aliphatic heterocycles. The third-order valence-corrected chi connectivity index (χ3v) is 5.27. The molecule has 154 valence electrons. The second-order valence-electron chi connectivity index (χ2n) is 7.30. The number of hydrogen-bond acceptors (Lipinski definition) is 6. The molecule has 0 fully saturated rings. The van der Waals surface area contributed by atoms with Gasteiger partial charge in [0.15, 0.2) is 0 Å². The van der Waals surface area contributed by atoms with Crippen LogP contribution in [0.25, 0.3) is 21.8 Å². The third kappa shape index (κ3) is 3.23. The van der Waals surface area contributed by atoms with Crippen molar-refractivity contribution in [1.29, 1.82) is 0 Å². The zero-order valence-corrected chi connectivity index (χ0v) is 16.5. The van der Waals surface area contributed by atoms with Crippen LogP contribution < -0.4 is 5.56 Å². The Hall–Kier alpha value is -4.34. The van der Waals surface area contributed by atoms with Crippen molar-refractivity contribution in [1.82, 2.24) is 29.8 Å². The minimum absolute atomic E-state index is 0.0457. The maximum atomic E-state index is 12.6. The summed E-state index contributed by atoms with van der Waals surface area (Å²) in [5.74, 6) is 0. The predicted octanol–water partition coefficient (Wildman–Crippen LogP) is 2.78. The molecule has 0 atom stereocenters. The summed E-state index contributed by atoms with van der Waals surface area (Å²) in [6.07, 6.45) is 1.81. The molecule has 3 heterocycles. The largest absolute Gasteiger partial charge is 0.330 e. The number of para-hydroxylation sites is 1. The molecule has 10 nitrogen and oxygen atoms in total. The highest BCUT2D eigenvalue weighted by atomic mass is 16.6. The quantitative estimate of drug-likeness (QED) is 0.348. The van der Waals surface area contributed by atoms with Gasteiger partial charge >= 0.3 is 0 Å². The first-order chi connectivity index (χ1) is 15.0. The van der Waals surface area contributed by atoms with Gasteiger partial charge in [0, 0.05) is 28.4 Å². The molecule has 0 aliphatic rings. The van der Waals surface area contributed by atoms with E-state index < -0.39 is 4.92 Å². The molecule has 0 saturated heterocycles. The van der Waals surface area contributed by atoms with Gasteiger partial charge in [0.25, 0.3) is 11.2 Å². The fraction of sp³-hybridized carbons (Fsp3) is 0.143. The summed E-state index contributed by atoms with van der Waals surface area (Å²) in [4.78, 5) is 23.0. The van der Waals surface area contributed by atoms with Crippen molar-refractivity contribution in [2.75, 3.05) is 0 Å². The Balaban J connectivity index is 1.50. The van der Waals surface area contributed by atoms with Crippen molar-refractivity contribution in [3.8, 4) is 0 Å². The Morgan fingerprint density at radius 2 is 1.87 bits per heavy atom. The molecule has 0 amide bonds. The SMILES string of the molecule is Cc1n[nH]c(=O)c2c1c1ccccc1n2Cc1cn(Cc2ccc([N+](=O)[O-])cc2)nn1. The summed E-state index contributed by atoms with van der Waals surface area (Å²) in [6, 6.07) is 14.1. The second kappa shape index (κ2) is 7.17. The van der Waals surface area contributed by atoms with Crippen molar-refractivity contribution in [2.24, 2.45) is 0 Å². The normalized spacial score (nSPS) is 11.4. The van der Waals surface area contributed by atoms with E-state index in [0.717, 1.165) is 27.5 Å². The first-order valence-corrected chi connectivity index (χ1v) is 9.60. The summed E-state index contributed by atoms with van der Waals surface area (Å²) in [7, 11) is 0. The minimum Gasteiger partial charge on any atom is -0.330 e. The maximum absolute atomic E-state index is 12.6. The molecule has 0 unspecified atom stereocenters. The molecule has 5 rings (SSSR count). The number of nitro benzene ring substituents is 1. The average Bonchev–Trinajstić information content (AvgIpc) is 3.35. The van der Waals surface area contributed by atoms with Gasteiger partial charge in [-0.3, -0.25) is 14.9 Å². The number of nitrogens with zero attached hydrogens (tertiary/aromatic N) is 6. The van der Waals surface area contributed by atoms with Crippen molar-refractivity contribution in [2.45, 2.75) is 20.0 Å². The van der Waals surface area contributed by atoms with Crippen LogP contribution in [0.4, 0.5) is 5.69 Å². The Morgan fingerprint density at radius 1 is 1.10 bits per heavy atom. The lowest BCUT2D eigenvalue weighted by Gasteiger charge is -2.04. The Morgan fingerprint density at radius 3 is 2.65 bits per heavy atom. The number of fused-ring (bicyclic) bond motifs is 3. The van der Waals surface area contributed by atoms with E-state index in [2.05, 4.69) is 20.5 Å². The van der Waals surface area contributed by atoms with E-state index in [1.807, 2.05) is 42.0 Å². The lowest BCUT2D eigenvalue weighted by molar-refractivity contribution is -0.384. The molecule has 0 spiro atoms. The number of aromatic nitrogens is 6. The van der Waals surface area contributed by atoms with Gasteiger partial charge < -0.3 is 4.57 Å². The number of aryl methyl sites for hydroxylation is 1. The Labute approximate surface area is 174 Å². The highest BCUT2D eigenvalue weighted by Crippen LogP contribution is 2.28. The monoisotopic (exact) mass is 415 g/mol. The first-order valence-electron chi connectivity index (χ1n) is 9.60. The fourth-order valence-corrected chi connectivity index (χ4v) is 3.87. The summed E-state index contributed by atoms with van der Waals surface area (Å²) in [6.45, 7) is 2.67. The minimum atomic E-state index is -0.429. The number of benzene rings is 2. The number of non-ortho nitro benzene ring substituents is 1. The van der Waals surface area contributed by atoms with Gasteiger partial charge in [-0.2, -0.15) is 5.10 Å². The lowest BCUT2D eigenvalue weighted by Crippen LogP contribution is -2.14. The number of H-pyrrole nitrogens is 1. The van der Waals surface area contributed by atoms with Gasteiger partial charge in [0.2, 0.25) is 0 Å². The van der Waals surface area contributed by atoms with Crippen LogP contribution in [0.5, 0.6) is 0 Å². The highest BCUT2D eigenvalue weighted by Gasteiger charge is 2.17. The summed E-state index contributed by atoms with van der Waals surface area (Å²) in [5, 5.41) is 27.7. The molecular weight excluding hydrogens is 398 g/mol. The fourth-order valence-electron chi connectivity index (χ4n) is 3.87.